The molecule has 2 rings (SSSR count). The van der Waals surface area contributed by atoms with E-state index in [9.17, 15) is 4.79 Å². The first-order valence-electron chi connectivity index (χ1n) is 6.06. The molecule has 110 valence electrons. The van der Waals surface area contributed by atoms with Crippen LogP contribution in [0.1, 0.15) is 11.1 Å². The fourth-order valence-corrected chi connectivity index (χ4v) is 2.50. The van der Waals surface area contributed by atoms with Crippen LogP contribution in [-0.2, 0) is 6.54 Å². The van der Waals surface area contributed by atoms with Crippen LogP contribution in [0.5, 0.6) is 5.75 Å². The smallest absolute Gasteiger partial charge is 0.261 e. The highest BCUT2D eigenvalue weighted by molar-refractivity contribution is 9.10. The van der Waals surface area contributed by atoms with E-state index in [4.69, 9.17) is 15.7 Å². The van der Waals surface area contributed by atoms with E-state index in [0.717, 1.165) is 15.8 Å². The van der Waals surface area contributed by atoms with Gasteiger partial charge in [-0.1, -0.05) is 11.2 Å². The summed E-state index contributed by atoms with van der Waals surface area (Å²) >= 11 is 3.40. The zero-order valence-corrected chi connectivity index (χ0v) is 12.9. The zero-order chi connectivity index (χ0) is 15.4. The summed E-state index contributed by atoms with van der Waals surface area (Å²) < 4.78 is 7.46. The Bertz CT molecular complexity index is 740. The van der Waals surface area contributed by atoms with Crippen molar-refractivity contribution in [1.29, 1.82) is 0 Å². The van der Waals surface area contributed by atoms with Crippen LogP contribution < -0.4 is 16.0 Å². The van der Waals surface area contributed by atoms with E-state index >= 15 is 0 Å². The summed E-state index contributed by atoms with van der Waals surface area (Å²) in [6.45, 7) is 0.369. The molecule has 0 aliphatic heterocycles. The van der Waals surface area contributed by atoms with Gasteiger partial charge in [-0.3, -0.25) is 4.79 Å². The van der Waals surface area contributed by atoms with Crippen LogP contribution in [0.2, 0.25) is 0 Å². The fourth-order valence-electron chi connectivity index (χ4n) is 1.92. The Morgan fingerprint density at radius 1 is 1.48 bits per heavy atom. The number of ether oxygens (including phenoxy) is 1. The van der Waals surface area contributed by atoms with Gasteiger partial charge in [0, 0.05) is 6.20 Å². The van der Waals surface area contributed by atoms with Crippen LogP contribution in [0.15, 0.2) is 51.0 Å². The average molecular weight is 352 g/mol. The second-order valence-corrected chi connectivity index (χ2v) is 5.16. The van der Waals surface area contributed by atoms with Crippen LogP contribution >= 0.6 is 15.9 Å². The third kappa shape index (κ3) is 3.25. The van der Waals surface area contributed by atoms with E-state index in [-0.39, 0.29) is 17.0 Å². The van der Waals surface area contributed by atoms with Gasteiger partial charge in [-0.2, -0.15) is 0 Å². The highest BCUT2D eigenvalue weighted by Crippen LogP contribution is 2.25. The van der Waals surface area contributed by atoms with E-state index in [1.165, 1.54) is 10.6 Å². The largest absolute Gasteiger partial charge is 0.496 e. The number of halogens is 1. The van der Waals surface area contributed by atoms with Crippen molar-refractivity contribution < 1.29 is 9.94 Å². The summed E-state index contributed by atoms with van der Waals surface area (Å²) in [5, 5.41) is 11.5. The number of nitrogens with zero attached hydrogens (tertiary/aromatic N) is 2. The summed E-state index contributed by atoms with van der Waals surface area (Å²) in [6, 6.07) is 8.75. The van der Waals surface area contributed by atoms with E-state index in [0.29, 0.717) is 6.54 Å². The van der Waals surface area contributed by atoms with Gasteiger partial charge < -0.3 is 20.2 Å². The second-order valence-electron chi connectivity index (χ2n) is 4.31. The molecule has 0 atom stereocenters. The Labute approximate surface area is 129 Å². The molecule has 2 aromatic rings. The van der Waals surface area contributed by atoms with E-state index in [1.807, 2.05) is 18.2 Å². The van der Waals surface area contributed by atoms with E-state index < -0.39 is 0 Å². The van der Waals surface area contributed by atoms with Gasteiger partial charge in [0.2, 0.25) is 0 Å². The number of hydrogen-bond acceptors (Lipinski definition) is 4. The molecule has 0 fully saturated rings. The molecule has 6 nitrogen and oxygen atoms in total. The average Bonchev–Trinajstić information content (AvgIpc) is 2.49. The molecule has 3 N–H and O–H groups in total. The number of aromatic nitrogens is 1. The lowest BCUT2D eigenvalue weighted by Crippen LogP contribution is -2.29. The van der Waals surface area contributed by atoms with Gasteiger partial charge in [-0.05, 0) is 45.8 Å². The molecule has 1 heterocycles. The zero-order valence-electron chi connectivity index (χ0n) is 11.3. The molecule has 0 aliphatic rings. The molecule has 7 heteroatoms. The van der Waals surface area contributed by atoms with Gasteiger partial charge in [-0.15, -0.1) is 0 Å². The van der Waals surface area contributed by atoms with Crippen LogP contribution in [0.3, 0.4) is 0 Å². The lowest BCUT2D eigenvalue weighted by atomic mass is 10.2. The molecule has 0 spiro atoms. The summed E-state index contributed by atoms with van der Waals surface area (Å²) in [4.78, 5) is 12.2. The Balaban J connectivity index is 2.36. The number of amidine groups is 1. The Kier molecular flexibility index (Phi) is 4.64. The molecule has 1 aromatic carbocycles. The minimum atomic E-state index is -0.320. The second kappa shape index (κ2) is 6.45. The third-order valence-electron chi connectivity index (χ3n) is 2.97. The van der Waals surface area contributed by atoms with Crippen molar-refractivity contribution in [2.75, 3.05) is 7.11 Å². The normalized spacial score (nSPS) is 11.4. The minimum absolute atomic E-state index is 0.160. The predicted molar refractivity (Wildman–Crippen MR) is 83.0 cm³/mol. The lowest BCUT2D eigenvalue weighted by Gasteiger charge is -2.09. The summed E-state index contributed by atoms with van der Waals surface area (Å²) in [5.74, 6) is 0.516. The van der Waals surface area contributed by atoms with Gasteiger partial charge in [0.05, 0.1) is 23.7 Å². The number of methoxy groups -OCH3 is 1. The van der Waals surface area contributed by atoms with Crippen molar-refractivity contribution in [3.05, 3.63) is 62.5 Å². The van der Waals surface area contributed by atoms with E-state index in [1.54, 1.807) is 19.4 Å². The fraction of sp³-hybridized carbons (Fsp3) is 0.143. The Morgan fingerprint density at radius 2 is 2.24 bits per heavy atom. The predicted octanol–water partition coefficient (Wildman–Crippen LogP) is 1.76. The molecule has 0 radical (unpaired) electrons. The van der Waals surface area contributed by atoms with Crippen molar-refractivity contribution in [2.45, 2.75) is 6.54 Å². The van der Waals surface area contributed by atoms with Crippen molar-refractivity contribution in [3.63, 3.8) is 0 Å². The summed E-state index contributed by atoms with van der Waals surface area (Å²) in [7, 11) is 1.59. The van der Waals surface area contributed by atoms with Crippen molar-refractivity contribution >= 4 is 21.8 Å². The quantitative estimate of drug-likeness (QED) is 0.380. The van der Waals surface area contributed by atoms with Crippen molar-refractivity contribution in [1.82, 2.24) is 4.57 Å². The molecule has 1 aromatic heterocycles. The van der Waals surface area contributed by atoms with Crippen molar-refractivity contribution in [3.8, 4) is 5.75 Å². The SMILES string of the molecule is COc1ccc(Cn2cccc(/C(N)=N/O)c2=O)cc1Br. The minimum Gasteiger partial charge on any atom is -0.496 e. The van der Waals surface area contributed by atoms with E-state index in [2.05, 4.69) is 21.1 Å². The number of pyridine rings is 1. The van der Waals surface area contributed by atoms with Crippen LogP contribution in [0.4, 0.5) is 0 Å². The maximum atomic E-state index is 12.2. The number of oxime groups is 1. The lowest BCUT2D eigenvalue weighted by molar-refractivity contribution is 0.318. The van der Waals surface area contributed by atoms with Gasteiger partial charge in [0.1, 0.15) is 5.75 Å². The first kappa shape index (κ1) is 15.1. The standard InChI is InChI=1S/C14H14BrN3O3/c1-21-12-5-4-9(7-11(12)15)8-18-6-2-3-10(14(18)19)13(16)17-20/h2-7,20H,8H2,1H3,(H2,16,17). The highest BCUT2D eigenvalue weighted by atomic mass is 79.9. The molecule has 0 unspecified atom stereocenters. The monoisotopic (exact) mass is 351 g/mol. The number of nitrogens with two attached hydrogens (primary N) is 1. The van der Waals surface area contributed by atoms with Crippen LogP contribution in [0.25, 0.3) is 0 Å². The van der Waals surface area contributed by atoms with Gasteiger partial charge in [-0.25, -0.2) is 0 Å². The number of rotatable bonds is 4. The van der Waals surface area contributed by atoms with Gasteiger partial charge in [0.25, 0.3) is 5.56 Å². The number of benzene rings is 1. The molecular weight excluding hydrogens is 338 g/mol. The highest BCUT2D eigenvalue weighted by Gasteiger charge is 2.08. The molecule has 0 bridgehead atoms. The molecular formula is C14H14BrN3O3. The Hall–Kier alpha value is -2.28. The maximum Gasteiger partial charge on any atom is 0.261 e. The number of hydrogen-bond donors (Lipinski definition) is 2. The topological polar surface area (TPSA) is 89.8 Å². The molecule has 0 aliphatic carbocycles. The molecule has 0 saturated heterocycles. The molecule has 0 saturated carbocycles. The maximum absolute atomic E-state index is 12.2. The third-order valence-corrected chi connectivity index (χ3v) is 3.59. The Morgan fingerprint density at radius 3 is 2.86 bits per heavy atom. The summed E-state index contributed by atoms with van der Waals surface area (Å²) in [5.41, 5.74) is 6.24. The van der Waals surface area contributed by atoms with Gasteiger partial charge >= 0.3 is 0 Å². The first-order valence-corrected chi connectivity index (χ1v) is 6.86. The van der Waals surface area contributed by atoms with Crippen LogP contribution in [0, 0.1) is 0 Å². The first-order chi connectivity index (χ1) is 10.1. The molecule has 0 amide bonds. The molecule has 21 heavy (non-hydrogen) atoms. The van der Waals surface area contributed by atoms with Gasteiger partial charge in [0.15, 0.2) is 5.84 Å². The summed E-state index contributed by atoms with van der Waals surface area (Å²) in [6.07, 6.45) is 1.65. The van der Waals surface area contributed by atoms with Crippen molar-refractivity contribution in [2.24, 2.45) is 10.9 Å². The van der Waals surface area contributed by atoms with Crippen LogP contribution in [-0.4, -0.2) is 22.7 Å².